The molecule has 6 heteroatoms. The fourth-order valence-electron chi connectivity index (χ4n) is 5.05. The molecule has 186 valence electrons. The summed E-state index contributed by atoms with van der Waals surface area (Å²) in [5, 5.41) is 0. The van der Waals surface area contributed by atoms with E-state index in [-0.39, 0.29) is 24.7 Å². The van der Waals surface area contributed by atoms with Crippen LogP contribution in [-0.4, -0.2) is 18.7 Å². The van der Waals surface area contributed by atoms with Crippen molar-refractivity contribution in [1.82, 2.24) is 0 Å². The number of hydrogen-bond acceptors (Lipinski definition) is 3. The SMILES string of the molecule is O=CCC(c1ccc(F)cc1)[C@@]1(c2ccc(OCc3ccccc3)cc2)CN(c2ccc(F)cc2)C1=O. The molecule has 0 radical (unpaired) electrons. The van der Waals surface area contributed by atoms with Crippen LogP contribution in [0, 0.1) is 11.6 Å². The molecule has 37 heavy (non-hydrogen) atoms. The van der Waals surface area contributed by atoms with E-state index in [0.717, 1.165) is 17.4 Å². The third kappa shape index (κ3) is 4.75. The van der Waals surface area contributed by atoms with E-state index in [1.54, 1.807) is 29.2 Å². The molecule has 4 aromatic rings. The minimum absolute atomic E-state index is 0.0842. The van der Waals surface area contributed by atoms with Crippen molar-refractivity contribution in [3.63, 3.8) is 0 Å². The average molecular weight is 498 g/mol. The molecule has 1 amide bonds. The predicted molar refractivity (Wildman–Crippen MR) is 137 cm³/mol. The summed E-state index contributed by atoms with van der Waals surface area (Å²) in [7, 11) is 0. The standard InChI is InChI=1S/C31H25F2NO3/c32-25-10-6-23(7-11-25)29(18-19-35)31(21-34(30(31)36)27-14-12-26(33)13-15-27)24-8-16-28(17-9-24)37-20-22-4-2-1-3-5-22/h1-17,19,29H,18,20-21H2/t29?,31-/m0/s1. The molecule has 2 atom stereocenters. The second-order valence-electron chi connectivity index (χ2n) is 9.14. The highest BCUT2D eigenvalue weighted by Crippen LogP contribution is 2.50. The highest BCUT2D eigenvalue weighted by molar-refractivity contribution is 6.09. The molecule has 0 spiro atoms. The van der Waals surface area contributed by atoms with Gasteiger partial charge in [0.2, 0.25) is 5.91 Å². The lowest BCUT2D eigenvalue weighted by molar-refractivity contribution is -0.131. The van der Waals surface area contributed by atoms with Crippen LogP contribution in [0.5, 0.6) is 5.75 Å². The quantitative estimate of drug-likeness (QED) is 0.204. The number of carbonyl (C=O) groups excluding carboxylic acids is 2. The smallest absolute Gasteiger partial charge is 0.240 e. The van der Waals surface area contributed by atoms with Crippen molar-refractivity contribution in [2.24, 2.45) is 0 Å². The van der Waals surface area contributed by atoms with Crippen LogP contribution in [0.25, 0.3) is 0 Å². The molecule has 0 N–H and O–H groups in total. The van der Waals surface area contributed by atoms with Gasteiger partial charge in [0.05, 0.1) is 5.41 Å². The molecule has 0 bridgehead atoms. The maximum atomic E-state index is 13.9. The van der Waals surface area contributed by atoms with E-state index in [0.29, 0.717) is 23.6 Å². The van der Waals surface area contributed by atoms with Gasteiger partial charge in [0.25, 0.3) is 0 Å². The highest BCUT2D eigenvalue weighted by Gasteiger charge is 2.58. The maximum absolute atomic E-state index is 13.9. The molecule has 1 saturated heterocycles. The molecule has 1 aliphatic heterocycles. The lowest BCUT2D eigenvalue weighted by atomic mass is 9.61. The first kappa shape index (κ1) is 24.4. The van der Waals surface area contributed by atoms with Crippen LogP contribution in [0.4, 0.5) is 14.5 Å². The number of benzene rings is 4. The van der Waals surface area contributed by atoms with Crippen molar-refractivity contribution < 1.29 is 23.1 Å². The van der Waals surface area contributed by atoms with E-state index in [4.69, 9.17) is 4.74 Å². The molecule has 1 heterocycles. The van der Waals surface area contributed by atoms with Gasteiger partial charge in [0, 0.05) is 24.6 Å². The third-order valence-electron chi connectivity index (χ3n) is 6.99. The molecule has 1 unspecified atom stereocenters. The van der Waals surface area contributed by atoms with Crippen LogP contribution in [0.2, 0.25) is 0 Å². The van der Waals surface area contributed by atoms with Gasteiger partial charge in [0.1, 0.15) is 30.3 Å². The number of ether oxygens (including phenoxy) is 1. The summed E-state index contributed by atoms with van der Waals surface area (Å²) in [5.41, 5.74) is 2.00. The van der Waals surface area contributed by atoms with E-state index in [1.807, 2.05) is 54.6 Å². The zero-order valence-corrected chi connectivity index (χ0v) is 20.0. The number of aldehydes is 1. The number of hydrogen-bond donors (Lipinski definition) is 0. The number of nitrogens with zero attached hydrogens (tertiary/aromatic N) is 1. The number of amides is 1. The summed E-state index contributed by atoms with van der Waals surface area (Å²) < 4.78 is 33.1. The third-order valence-corrected chi connectivity index (χ3v) is 6.99. The molecule has 5 rings (SSSR count). The van der Waals surface area contributed by atoms with Gasteiger partial charge in [-0.3, -0.25) is 4.79 Å². The van der Waals surface area contributed by atoms with Gasteiger partial charge in [-0.05, 0) is 65.2 Å². The summed E-state index contributed by atoms with van der Waals surface area (Å²) >= 11 is 0. The Morgan fingerprint density at radius 3 is 2.05 bits per heavy atom. The molecular formula is C31H25F2NO3. The van der Waals surface area contributed by atoms with Crippen molar-refractivity contribution in [3.8, 4) is 5.75 Å². The Hall–Kier alpha value is -4.32. The zero-order valence-electron chi connectivity index (χ0n) is 20.0. The minimum atomic E-state index is -1.05. The molecule has 1 fully saturated rings. The molecule has 0 aliphatic carbocycles. The van der Waals surface area contributed by atoms with E-state index >= 15 is 0 Å². The second kappa shape index (κ2) is 10.3. The normalized spacial score (nSPS) is 17.7. The van der Waals surface area contributed by atoms with E-state index in [9.17, 15) is 18.4 Å². The molecule has 4 nitrogen and oxygen atoms in total. The predicted octanol–water partition coefficient (Wildman–Crippen LogP) is 6.20. The number of halogens is 2. The van der Waals surface area contributed by atoms with Gasteiger partial charge in [-0.15, -0.1) is 0 Å². The summed E-state index contributed by atoms with van der Waals surface area (Å²) in [6, 6.07) is 28.8. The van der Waals surface area contributed by atoms with Crippen LogP contribution in [0.3, 0.4) is 0 Å². The number of β-lactam (4-membered cyclic amide) rings is 1. The Bertz CT molecular complexity index is 1370. The first-order valence-corrected chi connectivity index (χ1v) is 12.0. The van der Waals surface area contributed by atoms with Gasteiger partial charge >= 0.3 is 0 Å². The van der Waals surface area contributed by atoms with Crippen LogP contribution in [0.1, 0.15) is 29.0 Å². The monoisotopic (exact) mass is 497 g/mol. The largest absolute Gasteiger partial charge is 0.489 e. The van der Waals surface area contributed by atoms with Gasteiger partial charge < -0.3 is 14.4 Å². The van der Waals surface area contributed by atoms with Crippen molar-refractivity contribution >= 4 is 17.9 Å². The van der Waals surface area contributed by atoms with Crippen molar-refractivity contribution in [2.45, 2.75) is 24.4 Å². The van der Waals surface area contributed by atoms with Crippen molar-refractivity contribution in [2.75, 3.05) is 11.4 Å². The number of rotatable bonds is 9. The summed E-state index contributed by atoms with van der Waals surface area (Å²) in [5.74, 6) is -0.840. The molecule has 1 aliphatic rings. The minimum Gasteiger partial charge on any atom is -0.489 e. The first-order valence-electron chi connectivity index (χ1n) is 12.0. The van der Waals surface area contributed by atoms with Gasteiger partial charge in [-0.2, -0.15) is 0 Å². The van der Waals surface area contributed by atoms with E-state index < -0.39 is 17.2 Å². The Balaban J connectivity index is 1.49. The Kier molecular flexibility index (Phi) is 6.82. The van der Waals surface area contributed by atoms with Crippen LogP contribution in [-0.2, 0) is 21.6 Å². The van der Waals surface area contributed by atoms with Gasteiger partial charge in [-0.25, -0.2) is 8.78 Å². The summed E-state index contributed by atoms with van der Waals surface area (Å²) in [4.78, 5) is 27.3. The van der Waals surface area contributed by atoms with Crippen LogP contribution < -0.4 is 9.64 Å². The Morgan fingerprint density at radius 2 is 1.46 bits per heavy atom. The second-order valence-corrected chi connectivity index (χ2v) is 9.14. The van der Waals surface area contributed by atoms with E-state index in [2.05, 4.69) is 0 Å². The Morgan fingerprint density at radius 1 is 0.838 bits per heavy atom. The zero-order chi connectivity index (χ0) is 25.8. The van der Waals surface area contributed by atoms with Gasteiger partial charge in [-0.1, -0.05) is 54.6 Å². The lowest BCUT2D eigenvalue weighted by Gasteiger charge is -2.53. The number of carbonyl (C=O) groups is 2. The average Bonchev–Trinajstić information content (AvgIpc) is 2.93. The summed E-state index contributed by atoms with van der Waals surface area (Å²) in [6.07, 6.45) is 0.877. The molecular weight excluding hydrogens is 472 g/mol. The fraction of sp³-hybridized carbons (Fsp3) is 0.161. The summed E-state index contributed by atoms with van der Waals surface area (Å²) in [6.45, 7) is 0.698. The number of anilines is 1. The molecule has 0 aromatic heterocycles. The van der Waals surface area contributed by atoms with E-state index in [1.165, 1.54) is 24.3 Å². The lowest BCUT2D eigenvalue weighted by Crippen LogP contribution is -2.67. The van der Waals surface area contributed by atoms with Gasteiger partial charge in [0.15, 0.2) is 0 Å². The maximum Gasteiger partial charge on any atom is 0.240 e. The fourth-order valence-corrected chi connectivity index (χ4v) is 5.05. The van der Waals surface area contributed by atoms with Crippen LogP contribution in [0.15, 0.2) is 103 Å². The van der Waals surface area contributed by atoms with Crippen molar-refractivity contribution in [1.29, 1.82) is 0 Å². The van der Waals surface area contributed by atoms with Crippen molar-refractivity contribution in [3.05, 3.63) is 131 Å². The highest BCUT2D eigenvalue weighted by atomic mass is 19.1. The molecule has 4 aromatic carbocycles. The first-order chi connectivity index (χ1) is 18.0. The molecule has 0 saturated carbocycles. The topological polar surface area (TPSA) is 46.6 Å². The van der Waals surface area contributed by atoms with Crippen LogP contribution >= 0.6 is 0 Å². The Labute approximate surface area is 214 Å².